The quantitative estimate of drug-likeness (QED) is 0.721. The zero-order chi connectivity index (χ0) is 21.1. The number of fused-ring (bicyclic) bond motifs is 1. The molecule has 0 saturated heterocycles. The Labute approximate surface area is 173 Å². The third-order valence-corrected chi connectivity index (χ3v) is 4.96. The van der Waals surface area contributed by atoms with Crippen LogP contribution in [-0.2, 0) is 11.2 Å². The minimum atomic E-state index is -0.394. The highest BCUT2D eigenvalue weighted by atomic mass is 19.1. The molecule has 1 aliphatic rings. The summed E-state index contributed by atoms with van der Waals surface area (Å²) in [5, 5.41) is 2.64. The third kappa shape index (κ3) is 4.17. The molecule has 2 aromatic heterocycles. The highest BCUT2D eigenvalue weighted by Gasteiger charge is 2.26. The number of hydrogen-bond donors (Lipinski definition) is 1. The molecule has 4 rings (SSSR count). The van der Waals surface area contributed by atoms with Gasteiger partial charge in [-0.2, -0.15) is 0 Å². The number of amides is 2. The number of pyridine rings is 1. The largest absolute Gasteiger partial charge is 0.329 e. The van der Waals surface area contributed by atoms with Crippen LogP contribution in [0.4, 0.5) is 10.1 Å². The number of nitrogens with one attached hydrogen (secondary N) is 1. The van der Waals surface area contributed by atoms with Crippen molar-refractivity contribution in [1.82, 2.24) is 19.9 Å². The van der Waals surface area contributed by atoms with Gasteiger partial charge in [-0.25, -0.2) is 14.4 Å². The Morgan fingerprint density at radius 2 is 2.03 bits per heavy atom. The second-order valence-electron chi connectivity index (χ2n) is 7.13. The molecule has 0 unspecified atom stereocenters. The lowest BCUT2D eigenvalue weighted by Gasteiger charge is -2.20. The first-order valence-corrected chi connectivity index (χ1v) is 9.63. The van der Waals surface area contributed by atoms with Gasteiger partial charge in [-0.1, -0.05) is 6.07 Å². The summed E-state index contributed by atoms with van der Waals surface area (Å²) < 4.78 is 13.7. The summed E-state index contributed by atoms with van der Waals surface area (Å²) in [6.45, 7) is 1.95. The van der Waals surface area contributed by atoms with Gasteiger partial charge in [-0.05, 0) is 49.6 Å². The van der Waals surface area contributed by atoms with Gasteiger partial charge >= 0.3 is 0 Å². The Morgan fingerprint density at radius 1 is 1.23 bits per heavy atom. The molecule has 3 aromatic rings. The Hall–Kier alpha value is -3.68. The van der Waals surface area contributed by atoms with Crippen LogP contribution in [0.15, 0.2) is 48.9 Å². The standard InChI is InChI=1S/C22H20FN5O2/c1-14-4-5-16(11-18(14)23)26-20(29)13-28-10-2-3-19-17(22(28)30)12-25-21(27-19)15-6-8-24-9-7-15/h4-9,11-12H,2-3,10,13H2,1H3,(H,26,29). The fourth-order valence-electron chi connectivity index (χ4n) is 3.33. The highest BCUT2D eigenvalue weighted by molar-refractivity contribution is 6.00. The SMILES string of the molecule is Cc1ccc(NC(=O)CN2CCCc3nc(-c4ccncc4)ncc3C2=O)cc1F. The summed E-state index contributed by atoms with van der Waals surface area (Å²) in [5.74, 6) is -0.523. The van der Waals surface area contributed by atoms with Gasteiger partial charge in [0.1, 0.15) is 12.4 Å². The molecule has 2 amide bonds. The Morgan fingerprint density at radius 3 is 2.80 bits per heavy atom. The summed E-state index contributed by atoms with van der Waals surface area (Å²) in [5.41, 5.74) is 2.76. The van der Waals surface area contributed by atoms with Crippen LogP contribution in [0.2, 0.25) is 0 Å². The Bertz CT molecular complexity index is 1100. The van der Waals surface area contributed by atoms with E-state index in [9.17, 15) is 14.0 Å². The van der Waals surface area contributed by atoms with Crippen LogP contribution in [0.3, 0.4) is 0 Å². The lowest BCUT2D eigenvalue weighted by atomic mass is 10.1. The smallest absolute Gasteiger partial charge is 0.257 e. The van der Waals surface area contributed by atoms with E-state index in [4.69, 9.17) is 0 Å². The van der Waals surface area contributed by atoms with E-state index < -0.39 is 5.82 Å². The summed E-state index contributed by atoms with van der Waals surface area (Å²) in [4.78, 5) is 39.7. The number of carbonyl (C=O) groups excluding carboxylic acids is 2. The summed E-state index contributed by atoms with van der Waals surface area (Å²) in [6, 6.07) is 8.11. The van der Waals surface area contributed by atoms with Crippen molar-refractivity contribution in [3.05, 3.63) is 71.6 Å². The van der Waals surface area contributed by atoms with E-state index in [2.05, 4.69) is 20.3 Å². The van der Waals surface area contributed by atoms with E-state index in [0.717, 1.165) is 5.56 Å². The van der Waals surface area contributed by atoms with Crippen LogP contribution in [0.25, 0.3) is 11.4 Å². The van der Waals surface area contributed by atoms with Crippen LogP contribution in [-0.4, -0.2) is 44.8 Å². The van der Waals surface area contributed by atoms with Gasteiger partial charge in [0.2, 0.25) is 5.91 Å². The van der Waals surface area contributed by atoms with Gasteiger partial charge < -0.3 is 10.2 Å². The molecule has 3 heterocycles. The molecular weight excluding hydrogens is 385 g/mol. The summed E-state index contributed by atoms with van der Waals surface area (Å²) >= 11 is 0. The zero-order valence-electron chi connectivity index (χ0n) is 16.4. The Kier molecular flexibility index (Phi) is 5.47. The molecule has 0 atom stereocenters. The molecule has 1 N–H and O–H groups in total. The fourth-order valence-corrected chi connectivity index (χ4v) is 3.33. The molecule has 1 aliphatic heterocycles. The second kappa shape index (κ2) is 8.36. The van der Waals surface area contributed by atoms with Crippen LogP contribution < -0.4 is 5.32 Å². The highest BCUT2D eigenvalue weighted by Crippen LogP contribution is 2.21. The first-order chi connectivity index (χ1) is 14.5. The van der Waals surface area contributed by atoms with Crippen molar-refractivity contribution in [2.45, 2.75) is 19.8 Å². The minimum absolute atomic E-state index is 0.125. The van der Waals surface area contributed by atoms with Gasteiger partial charge in [0.15, 0.2) is 5.82 Å². The van der Waals surface area contributed by atoms with Crippen LogP contribution >= 0.6 is 0 Å². The summed E-state index contributed by atoms with van der Waals surface area (Å²) in [6.07, 6.45) is 6.14. The monoisotopic (exact) mass is 405 g/mol. The maximum Gasteiger partial charge on any atom is 0.257 e. The van der Waals surface area contributed by atoms with Crippen LogP contribution in [0.1, 0.15) is 28.0 Å². The number of nitrogens with zero attached hydrogens (tertiary/aromatic N) is 4. The first kappa shape index (κ1) is 19.6. The second-order valence-corrected chi connectivity index (χ2v) is 7.13. The van der Waals surface area contributed by atoms with Crippen molar-refractivity contribution < 1.29 is 14.0 Å². The molecular formula is C22H20FN5O2. The van der Waals surface area contributed by atoms with Crippen molar-refractivity contribution in [1.29, 1.82) is 0 Å². The third-order valence-electron chi connectivity index (χ3n) is 4.96. The number of aryl methyl sites for hydroxylation is 2. The number of rotatable bonds is 4. The molecule has 0 saturated carbocycles. The molecule has 8 heteroatoms. The van der Waals surface area contributed by atoms with Gasteiger partial charge in [0.05, 0.1) is 11.3 Å². The van der Waals surface area contributed by atoms with E-state index >= 15 is 0 Å². The maximum atomic E-state index is 13.7. The predicted octanol–water partition coefficient (Wildman–Crippen LogP) is 3.01. The van der Waals surface area contributed by atoms with Crippen molar-refractivity contribution >= 4 is 17.5 Å². The molecule has 30 heavy (non-hydrogen) atoms. The van der Waals surface area contributed by atoms with Crippen molar-refractivity contribution in [3.63, 3.8) is 0 Å². The van der Waals surface area contributed by atoms with E-state index in [0.29, 0.717) is 47.7 Å². The molecule has 1 aromatic carbocycles. The van der Waals surface area contributed by atoms with Crippen molar-refractivity contribution in [2.24, 2.45) is 0 Å². The molecule has 0 fully saturated rings. The van der Waals surface area contributed by atoms with Gasteiger partial charge in [-0.3, -0.25) is 14.6 Å². The molecule has 0 aliphatic carbocycles. The molecule has 0 spiro atoms. The number of anilines is 1. The lowest BCUT2D eigenvalue weighted by Crippen LogP contribution is -2.38. The topological polar surface area (TPSA) is 88.1 Å². The van der Waals surface area contributed by atoms with Gasteiger partial charge in [0.25, 0.3) is 5.91 Å². The predicted molar refractivity (Wildman–Crippen MR) is 109 cm³/mol. The van der Waals surface area contributed by atoms with Gasteiger partial charge in [-0.15, -0.1) is 0 Å². The van der Waals surface area contributed by atoms with E-state index in [1.165, 1.54) is 17.2 Å². The maximum absolute atomic E-state index is 13.7. The number of carbonyl (C=O) groups is 2. The molecule has 0 radical (unpaired) electrons. The lowest BCUT2D eigenvalue weighted by molar-refractivity contribution is -0.116. The van der Waals surface area contributed by atoms with Crippen molar-refractivity contribution in [3.8, 4) is 11.4 Å². The molecule has 7 nitrogen and oxygen atoms in total. The van der Waals surface area contributed by atoms with Crippen LogP contribution in [0.5, 0.6) is 0 Å². The number of halogens is 1. The number of aromatic nitrogens is 3. The van der Waals surface area contributed by atoms with Crippen LogP contribution in [0, 0.1) is 12.7 Å². The Balaban J connectivity index is 1.49. The van der Waals surface area contributed by atoms with E-state index in [1.54, 1.807) is 31.5 Å². The van der Waals surface area contributed by atoms with Gasteiger partial charge in [0, 0.05) is 36.4 Å². The number of benzene rings is 1. The average molecular weight is 405 g/mol. The average Bonchev–Trinajstić information content (AvgIpc) is 2.90. The van der Waals surface area contributed by atoms with E-state index in [1.807, 2.05) is 12.1 Å². The molecule has 152 valence electrons. The minimum Gasteiger partial charge on any atom is -0.329 e. The van der Waals surface area contributed by atoms with E-state index in [-0.39, 0.29) is 18.4 Å². The first-order valence-electron chi connectivity index (χ1n) is 9.63. The molecule has 0 bridgehead atoms. The fraction of sp³-hybridized carbons (Fsp3) is 0.227. The number of hydrogen-bond acceptors (Lipinski definition) is 5. The zero-order valence-corrected chi connectivity index (χ0v) is 16.4. The van der Waals surface area contributed by atoms with Crippen molar-refractivity contribution in [2.75, 3.05) is 18.4 Å². The summed E-state index contributed by atoms with van der Waals surface area (Å²) in [7, 11) is 0. The normalized spacial score (nSPS) is 13.5.